The Hall–Kier alpha value is -1.89. The van der Waals surface area contributed by atoms with Gasteiger partial charge in [-0.25, -0.2) is 9.78 Å². The average Bonchev–Trinajstić information content (AvgIpc) is 3.05. The number of amides is 1. The van der Waals surface area contributed by atoms with Crippen LogP contribution >= 0.6 is 11.3 Å². The number of nitrogens with one attached hydrogen (secondary N) is 2. The molecule has 1 aromatic rings. The Morgan fingerprint density at radius 1 is 1.27 bits per heavy atom. The number of carbonyl (C=O) groups is 2. The number of nitrogens with zero attached hydrogens (tertiary/aromatic N) is 1. The highest BCUT2D eigenvalue weighted by atomic mass is 32.1. The molecule has 0 aromatic carbocycles. The second-order valence-corrected chi connectivity index (χ2v) is 8.89. The lowest BCUT2D eigenvalue weighted by Gasteiger charge is -2.56. The summed E-state index contributed by atoms with van der Waals surface area (Å²) in [6.07, 6.45) is 8.96. The van der Waals surface area contributed by atoms with E-state index in [1.807, 2.05) is 0 Å². The fraction of sp³-hybridized carbons (Fsp3) is 0.632. The maximum absolute atomic E-state index is 12.4. The molecule has 4 bridgehead atoms. The SMILES string of the molecule is C=CCNc1nc(C(=O)OCC(=O)NC23CC4CC(CC(C4)C2)C3)cs1. The molecule has 140 valence electrons. The van der Waals surface area contributed by atoms with Gasteiger partial charge in [-0.05, 0) is 56.3 Å². The molecule has 0 spiro atoms. The van der Waals surface area contributed by atoms with Gasteiger partial charge in [-0.1, -0.05) is 6.08 Å². The monoisotopic (exact) mass is 375 g/mol. The van der Waals surface area contributed by atoms with Crippen LogP contribution in [-0.4, -0.2) is 35.6 Å². The van der Waals surface area contributed by atoms with Crippen LogP contribution in [-0.2, 0) is 9.53 Å². The van der Waals surface area contributed by atoms with E-state index in [-0.39, 0.29) is 23.7 Å². The third-order valence-electron chi connectivity index (χ3n) is 5.89. The van der Waals surface area contributed by atoms with Crippen LogP contribution in [0.5, 0.6) is 0 Å². The Kier molecular flexibility index (Phi) is 4.73. The van der Waals surface area contributed by atoms with Crippen molar-refractivity contribution in [2.75, 3.05) is 18.5 Å². The van der Waals surface area contributed by atoms with Gasteiger partial charge in [0.05, 0.1) is 0 Å². The highest BCUT2D eigenvalue weighted by Crippen LogP contribution is 2.55. The summed E-state index contributed by atoms with van der Waals surface area (Å²) in [6, 6.07) is 0. The van der Waals surface area contributed by atoms with E-state index in [1.54, 1.807) is 11.5 Å². The number of hydrogen-bond donors (Lipinski definition) is 2. The summed E-state index contributed by atoms with van der Waals surface area (Å²) >= 11 is 1.33. The van der Waals surface area contributed by atoms with Gasteiger partial charge >= 0.3 is 5.97 Å². The zero-order valence-corrected chi connectivity index (χ0v) is 15.6. The molecule has 0 radical (unpaired) electrons. The van der Waals surface area contributed by atoms with Crippen LogP contribution in [0.25, 0.3) is 0 Å². The number of esters is 1. The van der Waals surface area contributed by atoms with Gasteiger partial charge < -0.3 is 15.4 Å². The summed E-state index contributed by atoms with van der Waals surface area (Å²) in [6.45, 7) is 3.96. The molecule has 1 aromatic heterocycles. The summed E-state index contributed by atoms with van der Waals surface area (Å²) < 4.78 is 5.17. The number of hydrogen-bond acceptors (Lipinski definition) is 6. The van der Waals surface area contributed by atoms with Crippen molar-refractivity contribution in [1.29, 1.82) is 0 Å². The van der Waals surface area contributed by atoms with Crippen LogP contribution in [0, 0.1) is 17.8 Å². The molecule has 1 amide bonds. The Labute approximate surface area is 157 Å². The maximum atomic E-state index is 12.4. The number of anilines is 1. The molecular formula is C19H25N3O3S. The van der Waals surface area contributed by atoms with E-state index < -0.39 is 5.97 Å². The van der Waals surface area contributed by atoms with Crippen LogP contribution in [0.4, 0.5) is 5.13 Å². The first-order valence-corrected chi connectivity index (χ1v) is 10.2. The molecule has 2 N–H and O–H groups in total. The van der Waals surface area contributed by atoms with Crippen LogP contribution in [0.15, 0.2) is 18.0 Å². The fourth-order valence-corrected chi connectivity index (χ4v) is 6.10. The van der Waals surface area contributed by atoms with Crippen molar-refractivity contribution in [2.24, 2.45) is 17.8 Å². The molecule has 4 saturated carbocycles. The number of ether oxygens (including phenoxy) is 1. The van der Waals surface area contributed by atoms with E-state index in [9.17, 15) is 9.59 Å². The van der Waals surface area contributed by atoms with Crippen molar-refractivity contribution in [3.05, 3.63) is 23.7 Å². The molecule has 1 heterocycles. The maximum Gasteiger partial charge on any atom is 0.358 e. The molecule has 5 rings (SSSR count). The normalized spacial score (nSPS) is 31.5. The molecule has 4 fully saturated rings. The molecule has 6 nitrogen and oxygen atoms in total. The van der Waals surface area contributed by atoms with Crippen molar-refractivity contribution in [1.82, 2.24) is 10.3 Å². The lowest BCUT2D eigenvalue weighted by atomic mass is 9.53. The summed E-state index contributed by atoms with van der Waals surface area (Å²) in [7, 11) is 0. The topological polar surface area (TPSA) is 80.3 Å². The lowest BCUT2D eigenvalue weighted by molar-refractivity contribution is -0.130. The second-order valence-electron chi connectivity index (χ2n) is 8.03. The summed E-state index contributed by atoms with van der Waals surface area (Å²) in [5.41, 5.74) is 0.171. The summed E-state index contributed by atoms with van der Waals surface area (Å²) in [5, 5.41) is 8.49. The molecule has 0 aliphatic heterocycles. The number of carbonyl (C=O) groups excluding carboxylic acids is 2. The number of thiazole rings is 1. The minimum absolute atomic E-state index is 0.0549. The van der Waals surface area contributed by atoms with Crippen LogP contribution in [0.3, 0.4) is 0 Å². The van der Waals surface area contributed by atoms with E-state index in [2.05, 4.69) is 22.2 Å². The Morgan fingerprint density at radius 2 is 1.92 bits per heavy atom. The van der Waals surface area contributed by atoms with Crippen molar-refractivity contribution in [3.63, 3.8) is 0 Å². The molecule has 4 aliphatic carbocycles. The minimum Gasteiger partial charge on any atom is -0.451 e. The van der Waals surface area contributed by atoms with Gasteiger partial charge in [0.1, 0.15) is 0 Å². The smallest absolute Gasteiger partial charge is 0.358 e. The van der Waals surface area contributed by atoms with Crippen LogP contribution in [0.2, 0.25) is 0 Å². The summed E-state index contributed by atoms with van der Waals surface area (Å²) in [5.74, 6) is 1.54. The highest BCUT2D eigenvalue weighted by molar-refractivity contribution is 7.13. The quantitative estimate of drug-likeness (QED) is 0.566. The molecule has 26 heavy (non-hydrogen) atoms. The predicted octanol–water partition coefficient (Wildman–Crippen LogP) is 2.98. The fourth-order valence-electron chi connectivity index (χ4n) is 5.41. The van der Waals surface area contributed by atoms with Crippen molar-refractivity contribution in [2.45, 2.75) is 44.1 Å². The highest BCUT2D eigenvalue weighted by Gasteiger charge is 2.51. The first-order valence-electron chi connectivity index (χ1n) is 9.34. The predicted molar refractivity (Wildman–Crippen MR) is 100 cm³/mol. The molecule has 0 atom stereocenters. The zero-order valence-electron chi connectivity index (χ0n) is 14.8. The van der Waals surface area contributed by atoms with Gasteiger partial charge in [-0.3, -0.25) is 4.79 Å². The molecule has 7 heteroatoms. The van der Waals surface area contributed by atoms with E-state index in [1.165, 1.54) is 30.6 Å². The number of rotatable bonds is 7. The Bertz CT molecular complexity index is 679. The largest absolute Gasteiger partial charge is 0.451 e. The van der Waals surface area contributed by atoms with Gasteiger partial charge in [0.2, 0.25) is 0 Å². The van der Waals surface area contributed by atoms with Gasteiger partial charge in [-0.2, -0.15) is 0 Å². The molecular weight excluding hydrogens is 350 g/mol. The zero-order chi connectivity index (χ0) is 18.1. The lowest BCUT2D eigenvalue weighted by Crippen LogP contribution is -2.60. The van der Waals surface area contributed by atoms with Crippen LogP contribution in [0.1, 0.15) is 49.0 Å². The minimum atomic E-state index is -0.562. The van der Waals surface area contributed by atoms with Gasteiger partial charge in [0.15, 0.2) is 17.4 Å². The van der Waals surface area contributed by atoms with E-state index in [0.29, 0.717) is 11.7 Å². The third kappa shape index (κ3) is 3.63. The standard InChI is InChI=1S/C19H25N3O3S/c1-2-3-20-18-21-15(11-26-18)17(24)25-10-16(23)22-19-7-12-4-13(8-19)6-14(5-12)9-19/h2,11-14H,1,3-10H2,(H,20,21)(H,22,23). The Balaban J connectivity index is 1.28. The van der Waals surface area contributed by atoms with E-state index in [0.717, 1.165) is 37.0 Å². The van der Waals surface area contributed by atoms with Gasteiger partial charge in [0.25, 0.3) is 5.91 Å². The van der Waals surface area contributed by atoms with E-state index in [4.69, 9.17) is 4.74 Å². The molecule has 4 aliphatic rings. The van der Waals surface area contributed by atoms with E-state index >= 15 is 0 Å². The Morgan fingerprint density at radius 3 is 2.54 bits per heavy atom. The molecule has 0 saturated heterocycles. The average molecular weight is 375 g/mol. The number of aromatic nitrogens is 1. The third-order valence-corrected chi connectivity index (χ3v) is 6.69. The van der Waals surface area contributed by atoms with Gasteiger partial charge in [-0.15, -0.1) is 17.9 Å². The molecule has 0 unspecified atom stereocenters. The van der Waals surface area contributed by atoms with Crippen molar-refractivity contribution >= 4 is 28.3 Å². The van der Waals surface area contributed by atoms with Crippen molar-refractivity contribution in [3.8, 4) is 0 Å². The van der Waals surface area contributed by atoms with Crippen molar-refractivity contribution < 1.29 is 14.3 Å². The summed E-state index contributed by atoms with van der Waals surface area (Å²) in [4.78, 5) is 28.6. The first-order chi connectivity index (χ1) is 12.5. The van der Waals surface area contributed by atoms with Gasteiger partial charge in [0, 0.05) is 17.5 Å². The second kappa shape index (κ2) is 7.02. The first kappa shape index (κ1) is 17.5. The van der Waals surface area contributed by atoms with Crippen LogP contribution < -0.4 is 10.6 Å².